The van der Waals surface area contributed by atoms with E-state index < -0.39 is 0 Å². The van der Waals surface area contributed by atoms with Gasteiger partial charge < -0.3 is 0 Å². The molecule has 0 bridgehead atoms. The maximum absolute atomic E-state index is 3.88. The largest absolute Gasteiger partial charge is 0.247 e. The number of fused-ring (bicyclic) bond motifs is 1. The van der Waals surface area contributed by atoms with Crippen LogP contribution in [0.5, 0.6) is 0 Å². The van der Waals surface area contributed by atoms with Crippen LogP contribution in [0.2, 0.25) is 0 Å². The quantitative estimate of drug-likeness (QED) is 0.857. The molecule has 1 aromatic rings. The van der Waals surface area contributed by atoms with Crippen LogP contribution in [0.3, 0.4) is 0 Å². The van der Waals surface area contributed by atoms with Gasteiger partial charge in [-0.1, -0.05) is 44.5 Å². The molecule has 1 saturated heterocycles. The average Bonchev–Trinajstić information content (AvgIpc) is 2.45. The predicted octanol–water partition coefficient (Wildman–Crippen LogP) is 4.57. The minimum Gasteiger partial charge on any atom is -0.247 e. The topological polar surface area (TPSA) is 15.3 Å². The van der Waals surface area contributed by atoms with E-state index in [4.69, 9.17) is 0 Å². The zero-order chi connectivity index (χ0) is 15.0. The average molecular weight is 286 g/mol. The Labute approximate surface area is 129 Å². The van der Waals surface area contributed by atoms with Crippen molar-refractivity contribution in [1.29, 1.82) is 0 Å². The van der Waals surface area contributed by atoms with Crippen LogP contribution in [-0.2, 0) is 5.41 Å². The van der Waals surface area contributed by atoms with Crippen molar-refractivity contribution in [3.8, 4) is 0 Å². The van der Waals surface area contributed by atoms with E-state index >= 15 is 0 Å². The van der Waals surface area contributed by atoms with Crippen molar-refractivity contribution < 1.29 is 0 Å². The Morgan fingerprint density at radius 3 is 2.43 bits per heavy atom. The van der Waals surface area contributed by atoms with Crippen molar-refractivity contribution in [1.82, 2.24) is 10.4 Å². The lowest BCUT2D eigenvalue weighted by molar-refractivity contribution is 0.0243. The van der Waals surface area contributed by atoms with Crippen LogP contribution in [0.25, 0.3) is 0 Å². The van der Waals surface area contributed by atoms with Gasteiger partial charge in [0, 0.05) is 18.1 Å². The van der Waals surface area contributed by atoms with E-state index in [1.165, 1.54) is 43.2 Å². The highest BCUT2D eigenvalue weighted by atomic mass is 15.5. The lowest BCUT2D eigenvalue weighted by Gasteiger charge is -2.44. The number of benzene rings is 1. The molecular formula is C19H30N2. The Balaban J connectivity index is 1.83. The highest BCUT2D eigenvalue weighted by Gasteiger charge is 2.34. The number of hydrazine groups is 1. The van der Waals surface area contributed by atoms with Crippen molar-refractivity contribution in [3.63, 3.8) is 0 Å². The molecule has 2 aliphatic rings. The summed E-state index contributed by atoms with van der Waals surface area (Å²) in [6.45, 7) is 9.49. The molecule has 0 saturated carbocycles. The minimum atomic E-state index is 0.313. The van der Waals surface area contributed by atoms with E-state index in [0.29, 0.717) is 23.5 Å². The van der Waals surface area contributed by atoms with E-state index in [9.17, 15) is 0 Å². The molecule has 0 spiro atoms. The molecule has 2 heteroatoms. The third-order valence-electron chi connectivity index (χ3n) is 5.62. The minimum absolute atomic E-state index is 0.313. The van der Waals surface area contributed by atoms with Crippen molar-refractivity contribution in [2.45, 2.75) is 83.3 Å². The molecular weight excluding hydrogens is 256 g/mol. The van der Waals surface area contributed by atoms with Crippen molar-refractivity contribution in [2.24, 2.45) is 0 Å². The van der Waals surface area contributed by atoms with Gasteiger partial charge in [-0.2, -0.15) is 0 Å². The monoisotopic (exact) mass is 286 g/mol. The van der Waals surface area contributed by atoms with Gasteiger partial charge in [-0.25, -0.2) is 10.4 Å². The molecule has 1 N–H and O–H groups in total. The van der Waals surface area contributed by atoms with Gasteiger partial charge in [0.05, 0.1) is 0 Å². The summed E-state index contributed by atoms with van der Waals surface area (Å²) in [6.07, 6.45) is 6.50. The highest BCUT2D eigenvalue weighted by Crippen LogP contribution is 2.41. The van der Waals surface area contributed by atoms with Gasteiger partial charge in [0.1, 0.15) is 0 Å². The maximum Gasteiger partial charge on any atom is 0.0468 e. The fourth-order valence-corrected chi connectivity index (χ4v) is 4.20. The second-order valence-corrected chi connectivity index (χ2v) is 7.73. The summed E-state index contributed by atoms with van der Waals surface area (Å²) >= 11 is 0. The number of rotatable bonds is 2. The summed E-state index contributed by atoms with van der Waals surface area (Å²) in [7, 11) is 0. The summed E-state index contributed by atoms with van der Waals surface area (Å²) in [5, 5.41) is 2.53. The number of piperidine rings is 1. The lowest BCUT2D eigenvalue weighted by atomic mass is 9.71. The van der Waals surface area contributed by atoms with Crippen LogP contribution in [0.1, 0.15) is 77.0 Å². The Hall–Kier alpha value is -0.860. The van der Waals surface area contributed by atoms with Gasteiger partial charge >= 0.3 is 0 Å². The molecule has 3 rings (SSSR count). The van der Waals surface area contributed by atoms with Gasteiger partial charge in [-0.15, -0.1) is 0 Å². The molecule has 1 aliphatic heterocycles. The molecule has 1 aliphatic carbocycles. The first-order chi connectivity index (χ1) is 9.99. The summed E-state index contributed by atoms with van der Waals surface area (Å²) in [5.74, 6) is 0. The normalized spacial score (nSPS) is 32.7. The summed E-state index contributed by atoms with van der Waals surface area (Å²) in [5.41, 5.74) is 7.24. The van der Waals surface area contributed by atoms with Crippen LogP contribution in [0.4, 0.5) is 0 Å². The smallest absolute Gasteiger partial charge is 0.0468 e. The Morgan fingerprint density at radius 1 is 1.05 bits per heavy atom. The van der Waals surface area contributed by atoms with Gasteiger partial charge in [0.15, 0.2) is 0 Å². The third kappa shape index (κ3) is 2.89. The number of hydrogen-bond donors (Lipinski definition) is 1. The molecule has 116 valence electrons. The first kappa shape index (κ1) is 15.1. The Bertz CT molecular complexity index is 484. The number of nitrogens with zero attached hydrogens (tertiary/aromatic N) is 1. The molecule has 0 aromatic heterocycles. The zero-order valence-corrected chi connectivity index (χ0v) is 14.0. The molecule has 2 nitrogen and oxygen atoms in total. The van der Waals surface area contributed by atoms with Crippen LogP contribution < -0.4 is 5.43 Å². The van der Waals surface area contributed by atoms with Gasteiger partial charge in [0.2, 0.25) is 0 Å². The molecule has 3 atom stereocenters. The van der Waals surface area contributed by atoms with Gasteiger partial charge in [-0.05, 0) is 56.1 Å². The van der Waals surface area contributed by atoms with Crippen LogP contribution in [-0.4, -0.2) is 17.1 Å². The summed E-state index contributed by atoms with van der Waals surface area (Å²) in [4.78, 5) is 0. The summed E-state index contributed by atoms with van der Waals surface area (Å²) in [6, 6.07) is 10.8. The highest BCUT2D eigenvalue weighted by molar-refractivity contribution is 5.38. The molecule has 3 unspecified atom stereocenters. The van der Waals surface area contributed by atoms with Crippen LogP contribution in [0, 0.1) is 0 Å². The van der Waals surface area contributed by atoms with E-state index in [1.807, 2.05) is 0 Å². The van der Waals surface area contributed by atoms with E-state index in [2.05, 4.69) is 62.4 Å². The maximum atomic E-state index is 3.88. The van der Waals surface area contributed by atoms with Gasteiger partial charge in [0.25, 0.3) is 0 Å². The third-order valence-corrected chi connectivity index (χ3v) is 5.62. The van der Waals surface area contributed by atoms with E-state index in [-0.39, 0.29) is 0 Å². The van der Waals surface area contributed by atoms with Crippen molar-refractivity contribution in [3.05, 3.63) is 35.4 Å². The SMILES string of the molecule is CC1CCCC(C)N1NC1CCC(C)(C)c2ccccc21. The summed E-state index contributed by atoms with van der Waals surface area (Å²) < 4.78 is 0. The molecule has 0 amide bonds. The fourth-order valence-electron chi connectivity index (χ4n) is 4.20. The second-order valence-electron chi connectivity index (χ2n) is 7.73. The predicted molar refractivity (Wildman–Crippen MR) is 89.2 cm³/mol. The Morgan fingerprint density at radius 2 is 1.71 bits per heavy atom. The fraction of sp³-hybridized carbons (Fsp3) is 0.684. The molecule has 0 radical (unpaired) electrons. The van der Waals surface area contributed by atoms with Crippen molar-refractivity contribution >= 4 is 0 Å². The van der Waals surface area contributed by atoms with Crippen LogP contribution >= 0.6 is 0 Å². The number of nitrogens with one attached hydrogen (secondary N) is 1. The molecule has 1 aromatic carbocycles. The van der Waals surface area contributed by atoms with Crippen molar-refractivity contribution in [2.75, 3.05) is 0 Å². The first-order valence-corrected chi connectivity index (χ1v) is 8.63. The van der Waals surface area contributed by atoms with E-state index in [1.54, 1.807) is 0 Å². The Kier molecular flexibility index (Phi) is 4.11. The lowest BCUT2D eigenvalue weighted by Crippen LogP contribution is -2.53. The molecule has 1 fully saturated rings. The second kappa shape index (κ2) is 5.73. The molecule has 1 heterocycles. The standard InChI is InChI=1S/C19H30N2/c1-14-8-7-9-15(2)21(14)20-18-12-13-19(3,4)17-11-6-5-10-16(17)18/h5-6,10-11,14-15,18,20H,7-9,12-13H2,1-4H3. The molecule has 21 heavy (non-hydrogen) atoms. The first-order valence-electron chi connectivity index (χ1n) is 8.63. The van der Waals surface area contributed by atoms with Gasteiger partial charge in [-0.3, -0.25) is 0 Å². The number of hydrogen-bond acceptors (Lipinski definition) is 2. The van der Waals surface area contributed by atoms with E-state index in [0.717, 1.165) is 0 Å². The zero-order valence-electron chi connectivity index (χ0n) is 14.0. The van der Waals surface area contributed by atoms with Crippen LogP contribution in [0.15, 0.2) is 24.3 Å².